The van der Waals surface area contributed by atoms with Crippen LogP contribution in [-0.2, 0) is 0 Å². The molecule has 0 aromatic carbocycles. The summed E-state index contributed by atoms with van der Waals surface area (Å²) in [6.45, 7) is 0. The third-order valence-electron chi connectivity index (χ3n) is 0.733. The number of hydrogen-bond donors (Lipinski definition) is 4. The Morgan fingerprint density at radius 2 is 1.70 bits per heavy atom. The molecule has 0 atom stereocenters. The molecule has 1 heterocycles. The van der Waals surface area contributed by atoms with E-state index >= 15 is 0 Å². The van der Waals surface area contributed by atoms with Crippen LogP contribution in [0.4, 0.5) is 9.59 Å². The minimum absolute atomic E-state index is 0.977. The van der Waals surface area contributed by atoms with Gasteiger partial charge in [0.15, 0.2) is 0 Å². The van der Waals surface area contributed by atoms with E-state index in [1.165, 1.54) is 0 Å². The Bertz CT molecular complexity index is 173. The fourth-order valence-electron chi connectivity index (χ4n) is 0.462. The molecule has 4 N–H and O–H groups in total. The van der Waals surface area contributed by atoms with Crippen LogP contribution in [0.15, 0.2) is 0 Å². The van der Waals surface area contributed by atoms with Gasteiger partial charge in [-0.1, -0.05) is 0 Å². The van der Waals surface area contributed by atoms with E-state index < -0.39 is 20.1 Å². The Balaban J connectivity index is 2.68. The third-order valence-corrected chi connectivity index (χ3v) is 1.75. The van der Waals surface area contributed by atoms with Gasteiger partial charge < -0.3 is 4.89 Å². The molecule has 1 aliphatic heterocycles. The third kappa shape index (κ3) is 1.53. The number of amides is 4. The summed E-state index contributed by atoms with van der Waals surface area (Å²) in [5.74, 6) is 0. The van der Waals surface area contributed by atoms with Crippen molar-refractivity contribution in [3.05, 3.63) is 0 Å². The van der Waals surface area contributed by atoms with E-state index in [1.807, 2.05) is 0 Å². The molecular weight excluding hydrogens is 161 g/mol. The summed E-state index contributed by atoms with van der Waals surface area (Å²) >= 11 is 0. The van der Waals surface area contributed by atoms with Gasteiger partial charge in [0.2, 0.25) is 0 Å². The normalized spacial score (nSPS) is 22.6. The molecule has 1 aliphatic rings. The Labute approximate surface area is 56.0 Å². The van der Waals surface area contributed by atoms with Crippen molar-refractivity contribution in [3.8, 4) is 0 Å². The standard InChI is InChI=1S/C2H4N3O4P/c6-1-3-2(7)5-10(8,9)4-1/h(H4,3,4,5,6,7,8,9). The van der Waals surface area contributed by atoms with Crippen LogP contribution in [0.3, 0.4) is 0 Å². The maximum Gasteiger partial charge on any atom is 0.358 e. The predicted molar refractivity (Wildman–Crippen MR) is 29.3 cm³/mol. The maximum absolute atomic E-state index is 10.5. The molecule has 1 saturated heterocycles. The average molecular weight is 165 g/mol. The second-order valence-corrected chi connectivity index (χ2v) is 3.18. The molecule has 1 rings (SSSR count). The van der Waals surface area contributed by atoms with E-state index in [2.05, 4.69) is 0 Å². The lowest BCUT2D eigenvalue weighted by Crippen LogP contribution is -2.56. The van der Waals surface area contributed by atoms with Crippen LogP contribution >= 0.6 is 8.02 Å². The van der Waals surface area contributed by atoms with Crippen LogP contribution in [-0.4, -0.2) is 17.0 Å². The molecule has 0 radical (unpaired) electrons. The smallest absolute Gasteiger partial charge is 0.358 e. The van der Waals surface area contributed by atoms with Crippen molar-refractivity contribution >= 4 is 20.1 Å². The number of urea groups is 2. The van der Waals surface area contributed by atoms with Crippen molar-refractivity contribution in [2.45, 2.75) is 0 Å². The van der Waals surface area contributed by atoms with Crippen molar-refractivity contribution in [1.82, 2.24) is 15.5 Å². The Morgan fingerprint density at radius 1 is 1.30 bits per heavy atom. The SMILES string of the molecule is O=C1NC(=O)N[P+]([O-])(O)N1. The summed E-state index contributed by atoms with van der Waals surface area (Å²) in [5.41, 5.74) is 0. The Kier molecular flexibility index (Phi) is 1.47. The first-order chi connectivity index (χ1) is 4.49. The lowest BCUT2D eigenvalue weighted by atomic mass is 10.9. The molecular formula is C2H4N3O4P. The maximum atomic E-state index is 10.5. The van der Waals surface area contributed by atoms with Gasteiger partial charge in [-0.15, -0.1) is 0 Å². The van der Waals surface area contributed by atoms with Crippen LogP contribution in [0.25, 0.3) is 0 Å². The molecule has 0 aromatic rings. The van der Waals surface area contributed by atoms with Crippen molar-refractivity contribution in [2.24, 2.45) is 0 Å². The minimum atomic E-state index is -3.96. The van der Waals surface area contributed by atoms with Gasteiger partial charge in [-0.25, -0.2) is 14.5 Å². The molecule has 10 heavy (non-hydrogen) atoms. The summed E-state index contributed by atoms with van der Waals surface area (Å²) in [4.78, 5) is 39.6. The molecule has 0 unspecified atom stereocenters. The zero-order valence-corrected chi connectivity index (χ0v) is 5.51. The number of imide groups is 1. The first kappa shape index (κ1) is 7.20. The predicted octanol–water partition coefficient (Wildman–Crippen LogP) is -1.96. The lowest BCUT2D eigenvalue weighted by Gasteiger charge is -2.26. The summed E-state index contributed by atoms with van der Waals surface area (Å²) in [6, 6.07) is -1.95. The van der Waals surface area contributed by atoms with Gasteiger partial charge in [0.25, 0.3) is 8.02 Å². The molecule has 56 valence electrons. The van der Waals surface area contributed by atoms with Crippen molar-refractivity contribution in [2.75, 3.05) is 0 Å². The van der Waals surface area contributed by atoms with E-state index in [4.69, 9.17) is 4.89 Å². The van der Waals surface area contributed by atoms with E-state index in [0.29, 0.717) is 0 Å². The zero-order valence-electron chi connectivity index (χ0n) is 4.62. The van der Waals surface area contributed by atoms with Crippen LogP contribution in [0.2, 0.25) is 0 Å². The van der Waals surface area contributed by atoms with Crippen molar-refractivity contribution in [3.63, 3.8) is 0 Å². The van der Waals surface area contributed by atoms with Gasteiger partial charge in [0, 0.05) is 0 Å². The van der Waals surface area contributed by atoms with Gasteiger partial charge in [-0.2, -0.15) is 10.2 Å². The van der Waals surface area contributed by atoms with E-state index in [0.717, 1.165) is 0 Å². The van der Waals surface area contributed by atoms with E-state index in [1.54, 1.807) is 15.5 Å². The number of carbonyl (C=O) groups is 2. The Morgan fingerprint density at radius 3 is 2.00 bits per heavy atom. The van der Waals surface area contributed by atoms with Gasteiger partial charge in [0.1, 0.15) is 0 Å². The molecule has 7 nitrogen and oxygen atoms in total. The second-order valence-electron chi connectivity index (χ2n) is 1.58. The zero-order chi connectivity index (χ0) is 7.78. The van der Waals surface area contributed by atoms with Crippen LogP contribution in [0.5, 0.6) is 0 Å². The molecule has 0 spiro atoms. The van der Waals surface area contributed by atoms with Crippen LogP contribution in [0.1, 0.15) is 0 Å². The highest BCUT2D eigenvalue weighted by molar-refractivity contribution is 7.60. The number of nitrogens with one attached hydrogen (secondary N) is 3. The largest absolute Gasteiger partial charge is 0.618 e. The van der Waals surface area contributed by atoms with Crippen LogP contribution in [0, 0.1) is 0 Å². The lowest BCUT2D eigenvalue weighted by molar-refractivity contribution is -0.193. The monoisotopic (exact) mass is 165 g/mol. The first-order valence-corrected chi connectivity index (χ1v) is 3.90. The number of rotatable bonds is 0. The van der Waals surface area contributed by atoms with Gasteiger partial charge in [-0.05, 0) is 0 Å². The van der Waals surface area contributed by atoms with Crippen molar-refractivity contribution in [1.29, 1.82) is 0 Å². The highest BCUT2D eigenvalue weighted by atomic mass is 31.2. The van der Waals surface area contributed by atoms with Crippen molar-refractivity contribution < 1.29 is 19.4 Å². The fraction of sp³-hybridized carbons (Fsp3) is 0. The number of carbonyl (C=O) groups excluding carboxylic acids is 2. The topological polar surface area (TPSA) is 114 Å². The Hall–Kier alpha value is -0.910. The molecule has 0 aromatic heterocycles. The fourth-order valence-corrected chi connectivity index (χ4v) is 1.18. The molecule has 0 saturated carbocycles. The molecule has 4 amide bonds. The summed E-state index contributed by atoms with van der Waals surface area (Å²) in [7, 11) is -3.96. The molecule has 0 bridgehead atoms. The first-order valence-electron chi connectivity index (χ1n) is 2.24. The number of hydrogen-bond acceptors (Lipinski definition) is 4. The summed E-state index contributed by atoms with van der Waals surface area (Å²) in [5, 5.41) is 4.93. The highest BCUT2D eigenvalue weighted by Crippen LogP contribution is 2.34. The molecule has 1 fully saturated rings. The van der Waals surface area contributed by atoms with Gasteiger partial charge in [0.05, 0.1) is 0 Å². The van der Waals surface area contributed by atoms with Gasteiger partial charge in [-0.3, -0.25) is 5.32 Å². The van der Waals surface area contributed by atoms with Crippen LogP contribution < -0.4 is 20.4 Å². The molecule has 0 aliphatic carbocycles. The highest BCUT2D eigenvalue weighted by Gasteiger charge is 2.35. The summed E-state index contributed by atoms with van der Waals surface area (Å²) < 4.78 is 0. The van der Waals surface area contributed by atoms with E-state index in [-0.39, 0.29) is 0 Å². The quantitative estimate of drug-likeness (QED) is 0.312. The molecule has 8 heteroatoms. The summed E-state index contributed by atoms with van der Waals surface area (Å²) in [6.07, 6.45) is 0. The minimum Gasteiger partial charge on any atom is -0.618 e. The second kappa shape index (κ2) is 2.05. The average Bonchev–Trinajstić information content (AvgIpc) is 1.54. The van der Waals surface area contributed by atoms with E-state index in [9.17, 15) is 14.5 Å². The van der Waals surface area contributed by atoms with Gasteiger partial charge >= 0.3 is 12.1 Å².